The van der Waals surface area contributed by atoms with Crippen molar-refractivity contribution in [3.8, 4) is 0 Å². The van der Waals surface area contributed by atoms with Crippen LogP contribution in [0.4, 0.5) is 5.69 Å². The van der Waals surface area contributed by atoms with Crippen LogP contribution in [0.1, 0.15) is 0 Å². The van der Waals surface area contributed by atoms with Crippen molar-refractivity contribution in [3.05, 3.63) is 22.9 Å². The number of hydrogen-bond acceptors (Lipinski definition) is 6. The van der Waals surface area contributed by atoms with E-state index in [4.69, 9.17) is 5.73 Å². The molecule has 0 radical (unpaired) electrons. The Morgan fingerprint density at radius 1 is 1.47 bits per heavy atom. The summed E-state index contributed by atoms with van der Waals surface area (Å²) >= 11 is 0.991. The zero-order valence-corrected chi connectivity index (χ0v) is 11.0. The SMILES string of the molecule is Nc1csc(S(=O)(=O)NC2C=CS(=O)(=O)C2)c1. The van der Waals surface area contributed by atoms with E-state index in [1.54, 1.807) is 0 Å². The second kappa shape index (κ2) is 4.09. The lowest BCUT2D eigenvalue weighted by Crippen LogP contribution is -2.35. The average molecular weight is 294 g/mol. The van der Waals surface area contributed by atoms with Crippen molar-refractivity contribution >= 4 is 36.9 Å². The summed E-state index contributed by atoms with van der Waals surface area (Å²) in [6.45, 7) is 0. The minimum absolute atomic E-state index is 0.0766. The number of thiophene rings is 1. The van der Waals surface area contributed by atoms with Crippen LogP contribution in [0, 0.1) is 0 Å². The fourth-order valence-electron chi connectivity index (χ4n) is 1.38. The van der Waals surface area contributed by atoms with Gasteiger partial charge in [0, 0.05) is 16.5 Å². The van der Waals surface area contributed by atoms with Gasteiger partial charge >= 0.3 is 0 Å². The Bertz CT molecular complexity index is 657. The first kappa shape index (κ1) is 12.6. The molecular weight excluding hydrogens is 284 g/mol. The van der Waals surface area contributed by atoms with Crippen LogP contribution < -0.4 is 10.5 Å². The van der Waals surface area contributed by atoms with Gasteiger partial charge in [-0.05, 0) is 6.07 Å². The van der Waals surface area contributed by atoms with Gasteiger partial charge in [0.25, 0.3) is 10.0 Å². The minimum atomic E-state index is -3.70. The van der Waals surface area contributed by atoms with Gasteiger partial charge in [0.15, 0.2) is 9.84 Å². The summed E-state index contributed by atoms with van der Waals surface area (Å²) in [5.74, 6) is -0.243. The fourth-order valence-corrected chi connectivity index (χ4v) is 5.01. The molecule has 1 aromatic rings. The summed E-state index contributed by atoms with van der Waals surface area (Å²) in [6, 6.07) is 0.619. The van der Waals surface area contributed by atoms with Crippen LogP contribution in [0.5, 0.6) is 0 Å². The number of hydrogen-bond donors (Lipinski definition) is 2. The average Bonchev–Trinajstić information content (AvgIpc) is 2.72. The molecule has 0 bridgehead atoms. The van der Waals surface area contributed by atoms with Crippen molar-refractivity contribution in [2.75, 3.05) is 11.5 Å². The smallest absolute Gasteiger partial charge is 0.250 e. The molecule has 17 heavy (non-hydrogen) atoms. The first-order valence-electron chi connectivity index (χ1n) is 4.56. The van der Waals surface area contributed by atoms with Gasteiger partial charge in [-0.25, -0.2) is 21.6 Å². The molecule has 0 spiro atoms. The van der Waals surface area contributed by atoms with Crippen molar-refractivity contribution in [1.29, 1.82) is 0 Å². The number of anilines is 1. The zero-order valence-electron chi connectivity index (χ0n) is 8.53. The summed E-state index contributed by atoms with van der Waals surface area (Å²) in [5.41, 5.74) is 5.80. The lowest BCUT2D eigenvalue weighted by atomic mass is 10.4. The molecule has 6 nitrogen and oxygen atoms in total. The molecule has 0 aromatic carbocycles. The quantitative estimate of drug-likeness (QED) is 0.811. The van der Waals surface area contributed by atoms with Gasteiger partial charge in [0.1, 0.15) is 4.21 Å². The highest BCUT2D eigenvalue weighted by Crippen LogP contribution is 2.22. The van der Waals surface area contributed by atoms with Crippen molar-refractivity contribution in [2.45, 2.75) is 10.3 Å². The Morgan fingerprint density at radius 2 is 2.18 bits per heavy atom. The van der Waals surface area contributed by atoms with Crippen LogP contribution in [0.25, 0.3) is 0 Å². The summed E-state index contributed by atoms with van der Waals surface area (Å²) < 4.78 is 48.3. The maximum absolute atomic E-state index is 11.8. The maximum atomic E-state index is 11.8. The Morgan fingerprint density at radius 3 is 2.65 bits per heavy atom. The topological polar surface area (TPSA) is 106 Å². The highest BCUT2D eigenvalue weighted by atomic mass is 32.2. The van der Waals surface area contributed by atoms with Crippen molar-refractivity contribution in [2.24, 2.45) is 0 Å². The van der Waals surface area contributed by atoms with Gasteiger partial charge in [-0.1, -0.05) is 6.08 Å². The molecule has 0 saturated heterocycles. The summed E-state index contributed by atoms with van der Waals surface area (Å²) in [4.78, 5) is 0. The molecule has 0 saturated carbocycles. The van der Waals surface area contributed by atoms with Gasteiger partial charge < -0.3 is 5.73 Å². The fraction of sp³-hybridized carbons (Fsp3) is 0.250. The molecule has 9 heteroatoms. The molecule has 3 N–H and O–H groups in total. The van der Waals surface area contributed by atoms with Crippen LogP contribution in [0.15, 0.2) is 27.1 Å². The Labute approximate surface area is 103 Å². The number of nitrogen functional groups attached to an aromatic ring is 1. The van der Waals surface area contributed by atoms with Gasteiger partial charge in [-0.3, -0.25) is 0 Å². The van der Waals surface area contributed by atoms with E-state index in [-0.39, 0.29) is 9.96 Å². The monoisotopic (exact) mass is 294 g/mol. The molecule has 0 fully saturated rings. The molecule has 1 aliphatic heterocycles. The summed E-state index contributed by atoms with van der Waals surface area (Å²) in [6.07, 6.45) is 1.32. The number of rotatable bonds is 3. The molecule has 1 aromatic heterocycles. The van der Waals surface area contributed by atoms with E-state index in [1.165, 1.54) is 17.5 Å². The Balaban J connectivity index is 2.18. The van der Waals surface area contributed by atoms with E-state index in [9.17, 15) is 16.8 Å². The van der Waals surface area contributed by atoms with E-state index >= 15 is 0 Å². The molecule has 2 heterocycles. The number of sulfonamides is 1. The first-order chi connectivity index (χ1) is 7.78. The third kappa shape index (κ3) is 2.86. The van der Waals surface area contributed by atoms with E-state index in [0.717, 1.165) is 16.7 Å². The third-order valence-corrected chi connectivity index (χ3v) is 6.44. The largest absolute Gasteiger partial charge is 0.398 e. The molecule has 94 valence electrons. The normalized spacial score (nSPS) is 22.9. The number of sulfone groups is 1. The maximum Gasteiger partial charge on any atom is 0.250 e. The Hall–Kier alpha value is -0.900. The van der Waals surface area contributed by atoms with Gasteiger partial charge in [-0.15, -0.1) is 11.3 Å². The molecule has 1 unspecified atom stereocenters. The number of nitrogens with two attached hydrogens (primary N) is 1. The van der Waals surface area contributed by atoms with Crippen molar-refractivity contribution in [3.63, 3.8) is 0 Å². The third-order valence-electron chi connectivity index (χ3n) is 2.10. The predicted octanol–water partition coefficient (Wildman–Crippen LogP) is -0.0807. The van der Waals surface area contributed by atoms with E-state index in [2.05, 4.69) is 4.72 Å². The molecule has 2 rings (SSSR count). The first-order valence-corrected chi connectivity index (χ1v) is 8.64. The molecule has 1 atom stereocenters. The van der Waals surface area contributed by atoms with E-state index < -0.39 is 25.9 Å². The predicted molar refractivity (Wildman–Crippen MR) is 65.8 cm³/mol. The molecular formula is C8H10N2O4S3. The van der Waals surface area contributed by atoms with Crippen LogP contribution in [-0.2, 0) is 19.9 Å². The van der Waals surface area contributed by atoms with Crippen molar-refractivity contribution in [1.82, 2.24) is 4.72 Å². The summed E-state index contributed by atoms with van der Waals surface area (Å²) in [5, 5.41) is 2.53. The lowest BCUT2D eigenvalue weighted by Gasteiger charge is -2.08. The minimum Gasteiger partial charge on any atom is -0.398 e. The highest BCUT2D eigenvalue weighted by Gasteiger charge is 2.27. The zero-order chi connectivity index (χ0) is 12.7. The summed E-state index contributed by atoms with van der Waals surface area (Å²) in [7, 11) is -6.97. The molecule has 0 aliphatic carbocycles. The van der Waals surface area contributed by atoms with E-state index in [0.29, 0.717) is 5.69 Å². The highest BCUT2D eigenvalue weighted by molar-refractivity contribution is 7.94. The second-order valence-corrected chi connectivity index (χ2v) is 8.37. The van der Waals surface area contributed by atoms with Crippen molar-refractivity contribution < 1.29 is 16.8 Å². The number of nitrogens with one attached hydrogen (secondary N) is 1. The van der Waals surface area contributed by atoms with Gasteiger partial charge in [-0.2, -0.15) is 0 Å². The standard InChI is InChI=1S/C8H10N2O4S3/c9-6-3-8(15-4-6)17(13,14)10-7-1-2-16(11,12)5-7/h1-4,7,10H,5,9H2. The van der Waals surface area contributed by atoms with Gasteiger partial charge in [0.05, 0.1) is 11.8 Å². The Kier molecular flexibility index (Phi) is 3.02. The van der Waals surface area contributed by atoms with Gasteiger partial charge in [0.2, 0.25) is 0 Å². The van der Waals surface area contributed by atoms with E-state index in [1.807, 2.05) is 0 Å². The van der Waals surface area contributed by atoms with Crippen LogP contribution in [-0.4, -0.2) is 28.6 Å². The lowest BCUT2D eigenvalue weighted by molar-refractivity contribution is 0.577. The second-order valence-electron chi connectivity index (χ2n) is 3.58. The molecule has 1 aliphatic rings. The van der Waals surface area contributed by atoms with Crippen LogP contribution in [0.3, 0.4) is 0 Å². The van der Waals surface area contributed by atoms with Crippen LogP contribution in [0.2, 0.25) is 0 Å². The van der Waals surface area contributed by atoms with Crippen LogP contribution >= 0.6 is 11.3 Å². The molecule has 0 amide bonds.